The van der Waals surface area contributed by atoms with Gasteiger partial charge >= 0.3 is 0 Å². The first-order valence-electron chi connectivity index (χ1n) is 9.98. The van der Waals surface area contributed by atoms with E-state index in [0.29, 0.717) is 73.2 Å². The minimum atomic E-state index is -0.119. The molecule has 0 fully saturated rings. The van der Waals surface area contributed by atoms with Gasteiger partial charge in [0.15, 0.2) is 11.6 Å². The van der Waals surface area contributed by atoms with Crippen LogP contribution in [-0.4, -0.2) is 32.4 Å². The summed E-state index contributed by atoms with van der Waals surface area (Å²) in [4.78, 5) is 37.3. The van der Waals surface area contributed by atoms with Gasteiger partial charge < -0.3 is 4.52 Å². The van der Waals surface area contributed by atoms with E-state index in [2.05, 4.69) is 10.3 Å². The number of nitrogens with zero attached hydrogens (tertiary/aromatic N) is 3. The number of hydrogen-bond acceptors (Lipinski definition) is 6. The molecule has 2 aliphatic rings. The summed E-state index contributed by atoms with van der Waals surface area (Å²) < 4.78 is 6.87. The van der Waals surface area contributed by atoms with Gasteiger partial charge in [-0.05, 0) is 31.1 Å². The number of ketones is 2. The molecule has 0 N–H and O–H groups in total. The maximum atomic E-state index is 12.6. The van der Waals surface area contributed by atoms with Crippen molar-refractivity contribution in [1.29, 1.82) is 0 Å². The molecule has 0 unspecified atom stereocenters. The molecule has 0 aliphatic heterocycles. The van der Waals surface area contributed by atoms with Crippen molar-refractivity contribution in [3.05, 3.63) is 34.0 Å². The average molecular weight is 383 g/mol. The zero-order chi connectivity index (χ0) is 20.1. The molecule has 4 rings (SSSR count). The van der Waals surface area contributed by atoms with Crippen molar-refractivity contribution in [1.82, 2.24) is 14.9 Å². The van der Waals surface area contributed by atoms with Crippen LogP contribution < -0.4 is 0 Å². The maximum Gasteiger partial charge on any atom is 0.246 e. The molecule has 0 radical (unpaired) electrons. The highest BCUT2D eigenvalue weighted by atomic mass is 16.5. The molecule has 2 aliphatic carbocycles. The predicted molar refractivity (Wildman–Crippen MR) is 101 cm³/mol. The Morgan fingerprint density at radius 2 is 1.82 bits per heavy atom. The van der Waals surface area contributed by atoms with E-state index in [-0.39, 0.29) is 22.9 Å². The van der Waals surface area contributed by atoms with Crippen LogP contribution in [0.25, 0.3) is 0 Å². The second-order valence-electron chi connectivity index (χ2n) is 8.57. The van der Waals surface area contributed by atoms with E-state index in [1.54, 1.807) is 6.92 Å². The minimum absolute atomic E-state index is 0.0476. The van der Waals surface area contributed by atoms with Gasteiger partial charge in [0.05, 0.1) is 28.2 Å². The first-order valence-corrected chi connectivity index (χ1v) is 9.98. The average Bonchev–Trinajstić information content (AvgIpc) is 3.20. The van der Waals surface area contributed by atoms with Gasteiger partial charge in [0, 0.05) is 25.7 Å². The second kappa shape index (κ2) is 6.79. The van der Waals surface area contributed by atoms with E-state index in [9.17, 15) is 14.4 Å². The largest absolute Gasteiger partial charge is 0.360 e. The molecule has 2 aromatic heterocycles. The summed E-state index contributed by atoms with van der Waals surface area (Å²) >= 11 is 0. The summed E-state index contributed by atoms with van der Waals surface area (Å²) in [5.41, 5.74) is 3.07. The van der Waals surface area contributed by atoms with Gasteiger partial charge in [-0.2, -0.15) is 5.10 Å². The standard InChI is InChI=1S/C21H25N3O4/c1-4-18(27)24-14-6-5-7-15(25)19(14)12(22-24)8-9-13-20-16(26)10-21(2,3)11-17(20)28-23-13/h4-11H2,1-3H3. The van der Waals surface area contributed by atoms with Crippen LogP contribution in [0.4, 0.5) is 0 Å². The van der Waals surface area contributed by atoms with E-state index < -0.39 is 0 Å². The molecular formula is C21H25N3O4. The van der Waals surface area contributed by atoms with Gasteiger partial charge in [0.2, 0.25) is 5.91 Å². The van der Waals surface area contributed by atoms with Crippen LogP contribution >= 0.6 is 0 Å². The van der Waals surface area contributed by atoms with Crippen LogP contribution in [0.5, 0.6) is 0 Å². The number of aromatic nitrogens is 3. The number of Topliss-reactive ketones (excluding diaryl/α,β-unsaturated/α-hetero) is 2. The maximum absolute atomic E-state index is 12.6. The highest BCUT2D eigenvalue weighted by Gasteiger charge is 2.36. The Kier molecular flexibility index (Phi) is 4.56. The lowest BCUT2D eigenvalue weighted by Crippen LogP contribution is -2.26. The summed E-state index contributed by atoms with van der Waals surface area (Å²) in [6.45, 7) is 5.88. The fraction of sp³-hybridized carbons (Fsp3) is 0.571. The van der Waals surface area contributed by atoms with E-state index >= 15 is 0 Å². The molecule has 0 saturated carbocycles. The highest BCUT2D eigenvalue weighted by Crippen LogP contribution is 2.36. The molecule has 0 spiro atoms. The molecule has 2 aromatic rings. The van der Waals surface area contributed by atoms with Gasteiger partial charge in [-0.1, -0.05) is 25.9 Å². The quantitative estimate of drug-likeness (QED) is 0.803. The number of aryl methyl sites for hydroxylation is 2. The van der Waals surface area contributed by atoms with Gasteiger partial charge in [-0.25, -0.2) is 4.68 Å². The lowest BCUT2D eigenvalue weighted by Gasteiger charge is -2.26. The Bertz CT molecular complexity index is 980. The van der Waals surface area contributed by atoms with Crippen molar-refractivity contribution in [2.75, 3.05) is 0 Å². The van der Waals surface area contributed by atoms with E-state index in [4.69, 9.17) is 4.52 Å². The van der Waals surface area contributed by atoms with E-state index in [0.717, 1.165) is 12.1 Å². The monoisotopic (exact) mass is 383 g/mol. The van der Waals surface area contributed by atoms with Crippen LogP contribution in [-0.2, 0) is 25.7 Å². The molecule has 0 saturated heterocycles. The predicted octanol–water partition coefficient (Wildman–Crippen LogP) is 3.38. The Morgan fingerprint density at radius 3 is 2.57 bits per heavy atom. The molecule has 28 heavy (non-hydrogen) atoms. The second-order valence-corrected chi connectivity index (χ2v) is 8.57. The smallest absolute Gasteiger partial charge is 0.246 e. The lowest BCUT2D eigenvalue weighted by molar-refractivity contribution is 0.0883. The van der Waals surface area contributed by atoms with Crippen LogP contribution in [0.1, 0.15) is 94.8 Å². The Labute approximate surface area is 163 Å². The van der Waals surface area contributed by atoms with Crippen LogP contribution in [0.15, 0.2) is 4.52 Å². The molecule has 2 heterocycles. The first kappa shape index (κ1) is 18.8. The normalized spacial score (nSPS) is 18.1. The van der Waals surface area contributed by atoms with Crippen molar-refractivity contribution in [3.8, 4) is 0 Å². The number of rotatable bonds is 4. The summed E-state index contributed by atoms with van der Waals surface area (Å²) in [6, 6.07) is 0. The first-order chi connectivity index (χ1) is 13.3. The fourth-order valence-electron chi connectivity index (χ4n) is 4.36. The summed E-state index contributed by atoms with van der Waals surface area (Å²) in [5, 5.41) is 8.61. The zero-order valence-electron chi connectivity index (χ0n) is 16.6. The molecule has 7 heteroatoms. The Hall–Kier alpha value is -2.57. The Morgan fingerprint density at radius 1 is 1.07 bits per heavy atom. The van der Waals surface area contributed by atoms with E-state index in [1.165, 1.54) is 4.68 Å². The number of carbonyl (C=O) groups excluding carboxylic acids is 3. The zero-order valence-corrected chi connectivity index (χ0v) is 16.6. The third-order valence-corrected chi connectivity index (χ3v) is 5.68. The van der Waals surface area contributed by atoms with Crippen LogP contribution in [0.3, 0.4) is 0 Å². The molecule has 7 nitrogen and oxygen atoms in total. The van der Waals surface area contributed by atoms with Crippen molar-refractivity contribution in [2.45, 2.75) is 72.1 Å². The van der Waals surface area contributed by atoms with E-state index in [1.807, 2.05) is 13.8 Å². The third-order valence-electron chi connectivity index (χ3n) is 5.68. The van der Waals surface area contributed by atoms with Gasteiger partial charge in [-0.15, -0.1) is 0 Å². The number of fused-ring (bicyclic) bond motifs is 2. The van der Waals surface area contributed by atoms with Crippen molar-refractivity contribution in [2.24, 2.45) is 5.41 Å². The minimum Gasteiger partial charge on any atom is -0.360 e. The highest BCUT2D eigenvalue weighted by molar-refractivity contribution is 6.00. The summed E-state index contributed by atoms with van der Waals surface area (Å²) in [6.07, 6.45) is 4.33. The molecule has 0 aromatic carbocycles. The van der Waals surface area contributed by atoms with Crippen molar-refractivity contribution >= 4 is 17.5 Å². The van der Waals surface area contributed by atoms with Crippen molar-refractivity contribution < 1.29 is 18.9 Å². The molecule has 0 bridgehead atoms. The number of carbonyl (C=O) groups is 3. The topological polar surface area (TPSA) is 95.1 Å². The molecule has 148 valence electrons. The van der Waals surface area contributed by atoms with Crippen LogP contribution in [0.2, 0.25) is 0 Å². The molecule has 0 atom stereocenters. The fourth-order valence-corrected chi connectivity index (χ4v) is 4.36. The molecular weight excluding hydrogens is 358 g/mol. The van der Waals surface area contributed by atoms with Gasteiger partial charge in [0.25, 0.3) is 0 Å². The third kappa shape index (κ3) is 3.12. The Balaban J connectivity index is 1.63. The van der Waals surface area contributed by atoms with Gasteiger partial charge in [-0.3, -0.25) is 14.4 Å². The molecule has 0 amide bonds. The number of hydrogen-bond donors (Lipinski definition) is 0. The van der Waals surface area contributed by atoms with Gasteiger partial charge in [0.1, 0.15) is 5.76 Å². The SMILES string of the molecule is CCC(=O)n1nc(CCc2noc3c2C(=O)CC(C)(C)C3)c2c1CCCC2=O. The lowest BCUT2D eigenvalue weighted by atomic mass is 9.76. The summed E-state index contributed by atoms with van der Waals surface area (Å²) in [5.74, 6) is 0.660. The van der Waals surface area contributed by atoms with Crippen molar-refractivity contribution in [3.63, 3.8) is 0 Å². The summed E-state index contributed by atoms with van der Waals surface area (Å²) in [7, 11) is 0. The van der Waals surface area contributed by atoms with Crippen LogP contribution in [0, 0.1) is 5.41 Å².